The van der Waals surface area contributed by atoms with Crippen molar-refractivity contribution in [1.29, 1.82) is 0 Å². The molecule has 0 aliphatic heterocycles. The van der Waals surface area contributed by atoms with Gasteiger partial charge >= 0.3 is 29.6 Å². The zero-order valence-corrected chi connectivity index (χ0v) is 10.1. The van der Waals surface area contributed by atoms with E-state index in [2.05, 4.69) is 4.98 Å². The van der Waals surface area contributed by atoms with Crippen LogP contribution in [-0.4, -0.2) is 23.7 Å². The summed E-state index contributed by atoms with van der Waals surface area (Å²) in [6.07, 6.45) is 1.75. The van der Waals surface area contributed by atoms with Crippen molar-refractivity contribution in [3.05, 3.63) is 30.1 Å². The Bertz CT molecular complexity index is 338. The van der Waals surface area contributed by atoms with E-state index in [-0.39, 0.29) is 41.7 Å². The Morgan fingerprint density at radius 1 is 1.38 bits per heavy atom. The zero-order chi connectivity index (χ0) is 9.03. The minimum atomic E-state index is -4.11. The third kappa shape index (κ3) is 6.17. The van der Waals surface area contributed by atoms with Crippen LogP contribution in [0.25, 0.3) is 0 Å². The van der Waals surface area contributed by atoms with Crippen molar-refractivity contribution in [3.8, 4) is 0 Å². The summed E-state index contributed by atoms with van der Waals surface area (Å²) in [6.45, 7) is 0. The van der Waals surface area contributed by atoms with Crippen LogP contribution in [0.4, 0.5) is 0 Å². The second-order valence-corrected chi connectivity index (χ2v) is 3.86. The predicted molar refractivity (Wildman–Crippen MR) is 42.5 cm³/mol. The number of aromatic nitrogens is 1. The molecule has 0 saturated carbocycles. The van der Waals surface area contributed by atoms with Gasteiger partial charge in [-0.15, -0.1) is 0 Å². The van der Waals surface area contributed by atoms with Gasteiger partial charge in [-0.25, -0.2) is 8.42 Å². The molecular formula is C7H8NNaO3S. The van der Waals surface area contributed by atoms with Gasteiger partial charge in [-0.2, -0.15) is 0 Å². The molecule has 0 amide bonds. The Hall–Kier alpha value is 0.0600. The molecule has 0 aliphatic rings. The molecule has 0 N–H and O–H groups in total. The fraction of sp³-hybridized carbons (Fsp3) is 0.286. The van der Waals surface area contributed by atoms with Gasteiger partial charge in [-0.3, -0.25) is 4.98 Å². The van der Waals surface area contributed by atoms with E-state index in [9.17, 15) is 13.0 Å². The number of aryl methyl sites for hydroxylation is 1. The van der Waals surface area contributed by atoms with Crippen molar-refractivity contribution in [1.82, 2.24) is 4.98 Å². The van der Waals surface area contributed by atoms with E-state index in [1.807, 2.05) is 0 Å². The number of rotatable bonds is 3. The van der Waals surface area contributed by atoms with Gasteiger partial charge in [0.1, 0.15) is 0 Å². The molecule has 6 heteroatoms. The molecule has 0 spiro atoms. The number of hydrogen-bond acceptors (Lipinski definition) is 4. The van der Waals surface area contributed by atoms with Gasteiger partial charge < -0.3 is 4.55 Å². The number of nitrogens with zero attached hydrogens (tertiary/aromatic N) is 1. The summed E-state index contributed by atoms with van der Waals surface area (Å²) in [5.41, 5.74) is 0.622. The molecule has 1 aromatic heterocycles. The van der Waals surface area contributed by atoms with E-state index in [0.717, 1.165) is 0 Å². The fourth-order valence-electron chi connectivity index (χ4n) is 0.776. The van der Waals surface area contributed by atoms with Crippen LogP contribution in [0, 0.1) is 0 Å². The monoisotopic (exact) mass is 209 g/mol. The van der Waals surface area contributed by atoms with Crippen molar-refractivity contribution in [2.24, 2.45) is 0 Å². The summed E-state index contributed by atoms with van der Waals surface area (Å²) >= 11 is 0. The van der Waals surface area contributed by atoms with E-state index in [1.165, 1.54) is 0 Å². The first-order valence-corrected chi connectivity index (χ1v) is 4.99. The van der Waals surface area contributed by atoms with Crippen LogP contribution in [0.3, 0.4) is 0 Å². The van der Waals surface area contributed by atoms with Crippen LogP contribution < -0.4 is 29.6 Å². The molecule has 66 valence electrons. The van der Waals surface area contributed by atoms with Crippen LogP contribution in [0.1, 0.15) is 5.69 Å². The Kier molecular flexibility index (Phi) is 5.75. The zero-order valence-electron chi connectivity index (χ0n) is 7.30. The van der Waals surface area contributed by atoms with Gasteiger partial charge in [0.15, 0.2) is 0 Å². The maximum Gasteiger partial charge on any atom is 1.00 e. The standard InChI is InChI=1S/C7H9NO3S.Na/c9-12(10,11)6-4-7-3-1-2-5-8-7;/h1-3,5H,4,6H2,(H,9,10,11);/q;+1/p-1. The van der Waals surface area contributed by atoms with Gasteiger partial charge in [-0.05, 0) is 12.1 Å². The predicted octanol–water partition coefficient (Wildman–Crippen LogP) is -2.83. The van der Waals surface area contributed by atoms with Crippen molar-refractivity contribution >= 4 is 10.1 Å². The van der Waals surface area contributed by atoms with E-state index >= 15 is 0 Å². The molecule has 1 heterocycles. The van der Waals surface area contributed by atoms with Crippen molar-refractivity contribution in [3.63, 3.8) is 0 Å². The SMILES string of the molecule is O=S(=O)([O-])CCc1ccccn1.[Na+]. The molecule has 0 radical (unpaired) electrons. The van der Waals surface area contributed by atoms with Crippen molar-refractivity contribution in [2.45, 2.75) is 6.42 Å². The minimum absolute atomic E-state index is 0. The molecule has 4 nitrogen and oxygen atoms in total. The summed E-state index contributed by atoms with van der Waals surface area (Å²) in [6, 6.07) is 5.17. The molecule has 0 aliphatic carbocycles. The number of pyridine rings is 1. The average molecular weight is 209 g/mol. The Balaban J connectivity index is 0.00000144. The Morgan fingerprint density at radius 2 is 2.08 bits per heavy atom. The van der Waals surface area contributed by atoms with Crippen LogP contribution >= 0.6 is 0 Å². The maximum absolute atomic E-state index is 10.2. The molecule has 0 saturated heterocycles. The summed E-state index contributed by atoms with van der Waals surface area (Å²) < 4.78 is 30.7. The average Bonchev–Trinajstić information content (AvgIpc) is 2.02. The summed E-state index contributed by atoms with van der Waals surface area (Å²) in [7, 11) is -4.11. The number of hydrogen-bond donors (Lipinski definition) is 0. The Labute approximate surface area is 99.4 Å². The molecule has 13 heavy (non-hydrogen) atoms. The largest absolute Gasteiger partial charge is 1.00 e. The third-order valence-corrected chi connectivity index (χ3v) is 2.04. The second-order valence-electron chi connectivity index (χ2n) is 2.33. The van der Waals surface area contributed by atoms with E-state index in [0.29, 0.717) is 5.69 Å². The van der Waals surface area contributed by atoms with Crippen molar-refractivity contribution in [2.75, 3.05) is 5.75 Å². The Morgan fingerprint density at radius 3 is 2.54 bits per heavy atom. The third-order valence-electron chi connectivity index (χ3n) is 1.33. The molecule has 0 fully saturated rings. The van der Waals surface area contributed by atoms with Crippen LogP contribution in [0.2, 0.25) is 0 Å². The second kappa shape index (κ2) is 5.72. The maximum atomic E-state index is 10.2. The van der Waals surface area contributed by atoms with Gasteiger partial charge in [0.05, 0.1) is 10.1 Å². The van der Waals surface area contributed by atoms with Crippen LogP contribution in [0.15, 0.2) is 24.4 Å². The first-order chi connectivity index (χ1) is 5.58. The molecule has 0 aromatic carbocycles. The first-order valence-electron chi connectivity index (χ1n) is 3.41. The molecule has 1 rings (SSSR count). The normalized spacial score (nSPS) is 10.5. The van der Waals surface area contributed by atoms with Gasteiger partial charge in [0.25, 0.3) is 0 Å². The molecule has 0 bridgehead atoms. The summed E-state index contributed by atoms with van der Waals surface area (Å²) in [4.78, 5) is 3.88. The van der Waals surface area contributed by atoms with E-state index in [1.54, 1.807) is 24.4 Å². The van der Waals surface area contributed by atoms with Crippen LogP contribution in [-0.2, 0) is 16.5 Å². The molecule has 0 unspecified atom stereocenters. The smallest absolute Gasteiger partial charge is 0.748 e. The molecule has 1 aromatic rings. The van der Waals surface area contributed by atoms with Crippen molar-refractivity contribution < 1.29 is 42.5 Å². The minimum Gasteiger partial charge on any atom is -0.748 e. The van der Waals surface area contributed by atoms with Gasteiger partial charge in [-0.1, -0.05) is 6.07 Å². The van der Waals surface area contributed by atoms with Crippen LogP contribution in [0.5, 0.6) is 0 Å². The summed E-state index contributed by atoms with van der Waals surface area (Å²) in [5.74, 6) is -0.385. The van der Waals surface area contributed by atoms with Gasteiger partial charge in [0.2, 0.25) is 0 Å². The topological polar surface area (TPSA) is 70.1 Å². The van der Waals surface area contributed by atoms with E-state index in [4.69, 9.17) is 0 Å². The quantitative estimate of drug-likeness (QED) is 0.397. The molecule has 0 atom stereocenters. The molecular weight excluding hydrogens is 201 g/mol. The first kappa shape index (κ1) is 13.1. The summed E-state index contributed by atoms with van der Waals surface area (Å²) in [5, 5.41) is 0. The van der Waals surface area contributed by atoms with E-state index < -0.39 is 10.1 Å². The van der Waals surface area contributed by atoms with Gasteiger partial charge in [0, 0.05) is 24.1 Å². The fourth-order valence-corrected chi connectivity index (χ4v) is 1.23.